The SMILES string of the molecule is CCNC(=NCC(=O)N1CCc2ccccc21)NCCCN1CCCCCC1=O.I. The van der Waals surface area contributed by atoms with E-state index in [0.29, 0.717) is 12.4 Å². The van der Waals surface area contributed by atoms with Gasteiger partial charge < -0.3 is 20.4 Å². The van der Waals surface area contributed by atoms with E-state index < -0.39 is 0 Å². The molecule has 2 N–H and O–H groups in total. The highest BCUT2D eigenvalue weighted by Crippen LogP contribution is 2.27. The number of rotatable bonds is 7. The van der Waals surface area contributed by atoms with Crippen LogP contribution in [0.2, 0.25) is 0 Å². The van der Waals surface area contributed by atoms with E-state index in [4.69, 9.17) is 0 Å². The fraction of sp³-hybridized carbons (Fsp3) is 0.591. The van der Waals surface area contributed by atoms with Gasteiger partial charge in [-0.3, -0.25) is 9.59 Å². The van der Waals surface area contributed by atoms with Crippen LogP contribution in [0.5, 0.6) is 0 Å². The number of hydrogen-bond donors (Lipinski definition) is 2. The second kappa shape index (κ2) is 12.8. The standard InChI is InChI=1S/C22H33N5O2.HI/c1-2-23-22(24-13-8-15-26-14-7-3-4-11-20(26)28)25-17-21(29)27-16-12-18-9-5-6-10-19(18)27;/h5-6,9-10H,2-4,7-8,11-17H2,1H3,(H2,23,24,25);1H. The van der Waals surface area contributed by atoms with E-state index in [1.165, 1.54) is 5.56 Å². The van der Waals surface area contributed by atoms with Crippen molar-refractivity contribution in [1.82, 2.24) is 15.5 Å². The molecule has 2 aliphatic rings. The summed E-state index contributed by atoms with van der Waals surface area (Å²) < 4.78 is 0. The first-order chi connectivity index (χ1) is 14.2. The van der Waals surface area contributed by atoms with E-state index in [1.54, 1.807) is 0 Å². The summed E-state index contributed by atoms with van der Waals surface area (Å²) >= 11 is 0. The van der Waals surface area contributed by atoms with Gasteiger partial charge in [-0.2, -0.15) is 0 Å². The number of para-hydroxylation sites is 1. The minimum atomic E-state index is 0. The molecule has 2 heterocycles. The van der Waals surface area contributed by atoms with Crippen LogP contribution in [0.1, 0.15) is 44.6 Å². The van der Waals surface area contributed by atoms with Gasteiger partial charge in [0, 0.05) is 44.8 Å². The third-order valence-corrected chi connectivity index (χ3v) is 5.47. The van der Waals surface area contributed by atoms with Crippen LogP contribution in [0.25, 0.3) is 0 Å². The van der Waals surface area contributed by atoms with E-state index in [1.807, 2.05) is 34.9 Å². The molecule has 166 valence electrons. The Hall–Kier alpha value is -1.84. The predicted molar refractivity (Wildman–Crippen MR) is 132 cm³/mol. The maximum atomic E-state index is 12.6. The Labute approximate surface area is 196 Å². The summed E-state index contributed by atoms with van der Waals surface area (Å²) in [5.74, 6) is 0.942. The van der Waals surface area contributed by atoms with Gasteiger partial charge in [-0.25, -0.2) is 4.99 Å². The van der Waals surface area contributed by atoms with E-state index in [-0.39, 0.29) is 42.3 Å². The summed E-state index contributed by atoms with van der Waals surface area (Å²) in [6, 6.07) is 8.05. The molecule has 0 unspecified atom stereocenters. The molecule has 0 spiro atoms. The van der Waals surface area contributed by atoms with Gasteiger partial charge >= 0.3 is 0 Å². The number of hydrogen-bond acceptors (Lipinski definition) is 3. The minimum Gasteiger partial charge on any atom is -0.357 e. The summed E-state index contributed by atoms with van der Waals surface area (Å²) in [4.78, 5) is 33.0. The zero-order valence-corrected chi connectivity index (χ0v) is 20.2. The molecule has 0 bridgehead atoms. The molecule has 30 heavy (non-hydrogen) atoms. The molecule has 0 aliphatic carbocycles. The van der Waals surface area contributed by atoms with Crippen molar-refractivity contribution >= 4 is 47.4 Å². The van der Waals surface area contributed by atoms with Crippen LogP contribution >= 0.6 is 24.0 Å². The number of nitrogens with zero attached hydrogens (tertiary/aromatic N) is 3. The minimum absolute atomic E-state index is 0. The van der Waals surface area contributed by atoms with Crippen molar-refractivity contribution in [1.29, 1.82) is 0 Å². The number of nitrogens with one attached hydrogen (secondary N) is 2. The number of halogens is 1. The Morgan fingerprint density at radius 2 is 1.93 bits per heavy atom. The second-order valence-corrected chi connectivity index (χ2v) is 7.59. The highest BCUT2D eigenvalue weighted by molar-refractivity contribution is 14.0. The van der Waals surface area contributed by atoms with Crippen LogP contribution in [0.3, 0.4) is 0 Å². The van der Waals surface area contributed by atoms with Gasteiger partial charge in [-0.1, -0.05) is 24.6 Å². The highest BCUT2D eigenvalue weighted by Gasteiger charge is 2.23. The van der Waals surface area contributed by atoms with Gasteiger partial charge in [0.05, 0.1) is 0 Å². The molecule has 1 aromatic carbocycles. The summed E-state index contributed by atoms with van der Waals surface area (Å²) in [5, 5.41) is 6.48. The zero-order valence-electron chi connectivity index (χ0n) is 17.9. The van der Waals surface area contributed by atoms with Crippen molar-refractivity contribution in [2.45, 2.75) is 45.4 Å². The number of likely N-dealkylation sites (tertiary alicyclic amines) is 1. The average molecular weight is 527 g/mol. The molecule has 3 rings (SSSR count). The molecular weight excluding hydrogens is 493 g/mol. The van der Waals surface area contributed by atoms with Gasteiger partial charge in [-0.05, 0) is 44.2 Å². The third kappa shape index (κ3) is 6.85. The smallest absolute Gasteiger partial charge is 0.248 e. The van der Waals surface area contributed by atoms with E-state index >= 15 is 0 Å². The molecule has 0 radical (unpaired) electrons. The van der Waals surface area contributed by atoms with Gasteiger partial charge in [0.25, 0.3) is 0 Å². The third-order valence-electron chi connectivity index (χ3n) is 5.47. The lowest BCUT2D eigenvalue weighted by molar-refractivity contribution is -0.130. The maximum Gasteiger partial charge on any atom is 0.248 e. The molecule has 2 aliphatic heterocycles. The van der Waals surface area contributed by atoms with Crippen molar-refractivity contribution < 1.29 is 9.59 Å². The van der Waals surface area contributed by atoms with Crippen LogP contribution in [-0.2, 0) is 16.0 Å². The molecule has 8 heteroatoms. The second-order valence-electron chi connectivity index (χ2n) is 7.59. The quantitative estimate of drug-likeness (QED) is 0.248. The number of benzene rings is 1. The van der Waals surface area contributed by atoms with Crippen LogP contribution in [0.15, 0.2) is 29.3 Å². The van der Waals surface area contributed by atoms with E-state index in [0.717, 1.165) is 70.5 Å². The number of aliphatic imine (C=N–C) groups is 1. The Morgan fingerprint density at radius 1 is 1.10 bits per heavy atom. The van der Waals surface area contributed by atoms with Crippen LogP contribution in [0.4, 0.5) is 5.69 Å². The zero-order chi connectivity index (χ0) is 20.5. The fourth-order valence-corrected chi connectivity index (χ4v) is 3.92. The lowest BCUT2D eigenvalue weighted by atomic mass is 10.2. The molecular formula is C22H34IN5O2. The first-order valence-corrected chi connectivity index (χ1v) is 10.9. The molecule has 7 nitrogen and oxygen atoms in total. The van der Waals surface area contributed by atoms with Crippen molar-refractivity contribution in [2.24, 2.45) is 4.99 Å². The Morgan fingerprint density at radius 3 is 2.77 bits per heavy atom. The van der Waals surface area contributed by atoms with Crippen LogP contribution in [-0.4, -0.2) is 61.9 Å². The number of guanidine groups is 1. The summed E-state index contributed by atoms with van der Waals surface area (Å²) in [7, 11) is 0. The predicted octanol–water partition coefficient (Wildman–Crippen LogP) is 2.54. The molecule has 0 aromatic heterocycles. The number of fused-ring (bicyclic) bond motifs is 1. The summed E-state index contributed by atoms with van der Waals surface area (Å²) in [6.07, 6.45) is 5.71. The van der Waals surface area contributed by atoms with Gasteiger partial charge in [0.1, 0.15) is 6.54 Å². The number of anilines is 1. The largest absolute Gasteiger partial charge is 0.357 e. The number of carbonyl (C=O) groups is 2. The maximum absolute atomic E-state index is 12.6. The number of carbonyl (C=O) groups excluding carboxylic acids is 2. The summed E-state index contributed by atoms with van der Waals surface area (Å²) in [6.45, 7) is 5.95. The lowest BCUT2D eigenvalue weighted by Crippen LogP contribution is -2.40. The average Bonchev–Trinajstić information content (AvgIpc) is 3.06. The topological polar surface area (TPSA) is 77.0 Å². The van der Waals surface area contributed by atoms with Crippen molar-refractivity contribution in [3.63, 3.8) is 0 Å². The van der Waals surface area contributed by atoms with E-state index in [9.17, 15) is 9.59 Å². The van der Waals surface area contributed by atoms with Crippen LogP contribution in [0, 0.1) is 0 Å². The molecule has 1 aromatic rings. The molecule has 2 amide bonds. The highest BCUT2D eigenvalue weighted by atomic mass is 127. The van der Waals surface area contributed by atoms with Gasteiger partial charge in [0.2, 0.25) is 11.8 Å². The lowest BCUT2D eigenvalue weighted by Gasteiger charge is -2.21. The van der Waals surface area contributed by atoms with Gasteiger partial charge in [-0.15, -0.1) is 24.0 Å². The first kappa shape index (κ1) is 24.4. The van der Waals surface area contributed by atoms with Crippen molar-refractivity contribution in [3.8, 4) is 0 Å². The molecule has 1 fully saturated rings. The fourth-order valence-electron chi connectivity index (χ4n) is 3.92. The molecule has 0 saturated carbocycles. The van der Waals surface area contributed by atoms with E-state index in [2.05, 4.69) is 21.7 Å². The van der Waals surface area contributed by atoms with Crippen molar-refractivity contribution in [2.75, 3.05) is 44.2 Å². The number of amides is 2. The first-order valence-electron chi connectivity index (χ1n) is 10.9. The van der Waals surface area contributed by atoms with Crippen LogP contribution < -0.4 is 15.5 Å². The Kier molecular flexibility index (Phi) is 10.4. The molecule has 0 atom stereocenters. The Bertz CT molecular complexity index is 740. The molecule has 1 saturated heterocycles. The van der Waals surface area contributed by atoms with Gasteiger partial charge in [0.15, 0.2) is 5.96 Å². The summed E-state index contributed by atoms with van der Waals surface area (Å²) in [5.41, 5.74) is 2.23. The monoisotopic (exact) mass is 527 g/mol. The normalized spacial score (nSPS) is 16.6. The Balaban J connectivity index is 0.00000320. The van der Waals surface area contributed by atoms with Crippen molar-refractivity contribution in [3.05, 3.63) is 29.8 Å².